The molecule has 0 aromatic heterocycles. The lowest BCUT2D eigenvalue weighted by atomic mass is 9.92. The molecule has 0 heterocycles. The smallest absolute Gasteiger partial charge is 0.181 e. The molecule has 0 atom stereocenters. The molecule has 0 saturated heterocycles. The lowest BCUT2D eigenvalue weighted by Crippen LogP contribution is -1.98. The van der Waals surface area contributed by atoms with Crippen LogP contribution in [0.4, 0.5) is 0 Å². The Morgan fingerprint density at radius 3 is 2.52 bits per heavy atom. The van der Waals surface area contributed by atoms with Crippen molar-refractivity contribution >= 4 is 11.9 Å². The number of nitrogens with zero attached hydrogens (tertiary/aromatic N) is 1. The molecule has 0 aliphatic rings. The molecule has 3 aromatic rings. The van der Waals surface area contributed by atoms with Gasteiger partial charge in [0.05, 0.1) is 18.7 Å². The van der Waals surface area contributed by atoms with Crippen molar-refractivity contribution in [1.82, 2.24) is 0 Å². The highest BCUT2D eigenvalue weighted by Gasteiger charge is 2.11. The fraction of sp³-hybridized carbons (Fsp3) is 0.120. The number of carbonyl (C=O) groups excluding carboxylic acids is 1. The van der Waals surface area contributed by atoms with Crippen LogP contribution in [-0.4, -0.2) is 24.6 Å². The summed E-state index contributed by atoms with van der Waals surface area (Å²) in [5.74, 6) is 0.271. The van der Waals surface area contributed by atoms with E-state index in [1.54, 1.807) is 13.2 Å². The van der Waals surface area contributed by atoms with Crippen molar-refractivity contribution in [3.8, 4) is 34.1 Å². The second-order valence-corrected chi connectivity index (χ2v) is 6.65. The molecule has 1 N–H and O–H groups in total. The molecule has 144 valence electrons. The van der Waals surface area contributed by atoms with Crippen LogP contribution in [0.2, 0.25) is 0 Å². The number of aliphatic hydroxyl groups excluding tert-OH is 1. The van der Waals surface area contributed by atoms with E-state index in [2.05, 4.69) is 12.1 Å². The SMILES string of the molecule is COc1ccc(-c2ccc(-c3cccc(C)c3)c(C#N)c2)c(/C=C/C(=O)CO)c1. The van der Waals surface area contributed by atoms with Gasteiger partial charge in [-0.25, -0.2) is 0 Å². The van der Waals surface area contributed by atoms with E-state index in [0.717, 1.165) is 33.4 Å². The van der Waals surface area contributed by atoms with Crippen LogP contribution in [-0.2, 0) is 4.79 Å². The quantitative estimate of drug-likeness (QED) is 0.622. The average Bonchev–Trinajstić information content (AvgIpc) is 2.76. The van der Waals surface area contributed by atoms with Gasteiger partial charge in [-0.15, -0.1) is 0 Å². The molecule has 0 bridgehead atoms. The number of rotatable bonds is 6. The van der Waals surface area contributed by atoms with E-state index in [1.165, 1.54) is 6.08 Å². The van der Waals surface area contributed by atoms with Crippen LogP contribution in [0.25, 0.3) is 28.3 Å². The number of ether oxygens (including phenoxy) is 1. The highest BCUT2D eigenvalue weighted by molar-refractivity contribution is 5.95. The van der Waals surface area contributed by atoms with Crippen LogP contribution in [0, 0.1) is 18.3 Å². The van der Waals surface area contributed by atoms with Gasteiger partial charge in [-0.3, -0.25) is 4.79 Å². The molecule has 29 heavy (non-hydrogen) atoms. The standard InChI is InChI=1S/C25H21NO3/c1-17-4-3-5-18(12-17)25-10-7-19(13-21(25)15-26)24-11-9-23(29-2)14-20(24)6-8-22(28)16-27/h3-14,27H,16H2,1-2H3/b8-6+. The lowest BCUT2D eigenvalue weighted by Gasteiger charge is -2.12. The van der Waals surface area contributed by atoms with E-state index >= 15 is 0 Å². The van der Waals surface area contributed by atoms with Gasteiger partial charge in [0, 0.05) is 0 Å². The topological polar surface area (TPSA) is 70.3 Å². The Morgan fingerprint density at radius 1 is 1.07 bits per heavy atom. The predicted molar refractivity (Wildman–Crippen MR) is 114 cm³/mol. The first kappa shape index (κ1) is 20.1. The van der Waals surface area contributed by atoms with Gasteiger partial charge in [0.2, 0.25) is 0 Å². The molecule has 0 aliphatic carbocycles. The van der Waals surface area contributed by atoms with Crippen molar-refractivity contribution in [1.29, 1.82) is 5.26 Å². The van der Waals surface area contributed by atoms with Crippen LogP contribution < -0.4 is 4.74 Å². The van der Waals surface area contributed by atoms with Gasteiger partial charge >= 0.3 is 0 Å². The third-order valence-corrected chi connectivity index (χ3v) is 4.64. The summed E-state index contributed by atoms with van der Waals surface area (Å²) < 4.78 is 5.29. The molecule has 4 nitrogen and oxygen atoms in total. The molecule has 0 radical (unpaired) electrons. The normalized spacial score (nSPS) is 10.7. The van der Waals surface area contributed by atoms with E-state index in [-0.39, 0.29) is 5.78 Å². The minimum Gasteiger partial charge on any atom is -0.497 e. The molecule has 4 heteroatoms. The maximum Gasteiger partial charge on any atom is 0.181 e. The Hall–Kier alpha value is -3.68. The van der Waals surface area contributed by atoms with E-state index in [9.17, 15) is 10.1 Å². The zero-order chi connectivity index (χ0) is 20.8. The zero-order valence-electron chi connectivity index (χ0n) is 16.3. The van der Waals surface area contributed by atoms with Gasteiger partial charge < -0.3 is 9.84 Å². The second kappa shape index (κ2) is 9.01. The zero-order valence-corrected chi connectivity index (χ0v) is 16.3. The molecule has 0 unspecified atom stereocenters. The first-order valence-electron chi connectivity index (χ1n) is 9.17. The molecular weight excluding hydrogens is 362 g/mol. The predicted octanol–water partition coefficient (Wildman–Crippen LogP) is 4.78. The molecule has 3 aromatic carbocycles. The number of nitriles is 1. The summed E-state index contributed by atoms with van der Waals surface area (Å²) in [4.78, 5) is 11.5. The molecule has 0 spiro atoms. The number of aliphatic hydroxyl groups is 1. The Bertz CT molecular complexity index is 1120. The molecule has 0 amide bonds. The first-order valence-corrected chi connectivity index (χ1v) is 9.17. The van der Waals surface area contributed by atoms with Crippen molar-refractivity contribution in [3.05, 3.63) is 83.4 Å². The minimum absolute atomic E-state index is 0.383. The van der Waals surface area contributed by atoms with E-state index < -0.39 is 6.61 Å². The highest BCUT2D eigenvalue weighted by atomic mass is 16.5. The number of aryl methyl sites for hydroxylation is 1. The molecule has 3 rings (SSSR count). The van der Waals surface area contributed by atoms with Gasteiger partial charge in [-0.1, -0.05) is 54.1 Å². The fourth-order valence-corrected chi connectivity index (χ4v) is 3.17. The largest absolute Gasteiger partial charge is 0.497 e. The lowest BCUT2D eigenvalue weighted by molar-refractivity contribution is -0.117. The summed E-state index contributed by atoms with van der Waals surface area (Å²) >= 11 is 0. The monoisotopic (exact) mass is 383 g/mol. The van der Waals surface area contributed by atoms with Crippen LogP contribution >= 0.6 is 0 Å². The third-order valence-electron chi connectivity index (χ3n) is 4.64. The summed E-state index contributed by atoms with van der Waals surface area (Å²) in [5.41, 5.74) is 6.06. The minimum atomic E-state index is -0.542. The summed E-state index contributed by atoms with van der Waals surface area (Å²) in [6.45, 7) is 1.48. The van der Waals surface area contributed by atoms with Gasteiger partial charge in [-0.05, 0) is 59.0 Å². The van der Waals surface area contributed by atoms with Crippen molar-refractivity contribution < 1.29 is 14.6 Å². The maximum absolute atomic E-state index is 11.5. The van der Waals surface area contributed by atoms with Crippen LogP contribution in [0.5, 0.6) is 5.75 Å². The third kappa shape index (κ3) is 4.60. The number of ketones is 1. The molecule has 0 saturated carbocycles. The number of methoxy groups -OCH3 is 1. The Balaban J connectivity index is 2.10. The second-order valence-electron chi connectivity index (χ2n) is 6.65. The first-order chi connectivity index (χ1) is 14.0. The maximum atomic E-state index is 11.5. The van der Waals surface area contributed by atoms with Crippen LogP contribution in [0.3, 0.4) is 0 Å². The molecule has 0 aliphatic heterocycles. The summed E-state index contributed by atoms with van der Waals surface area (Å²) in [6.07, 6.45) is 2.99. The summed E-state index contributed by atoms with van der Waals surface area (Å²) in [6, 6.07) is 21.6. The number of benzene rings is 3. The van der Waals surface area contributed by atoms with Crippen molar-refractivity contribution in [2.45, 2.75) is 6.92 Å². The number of carbonyl (C=O) groups is 1. The number of hydrogen-bond donors (Lipinski definition) is 1. The van der Waals surface area contributed by atoms with Gasteiger partial charge in [0.1, 0.15) is 12.4 Å². The fourth-order valence-electron chi connectivity index (χ4n) is 3.17. The van der Waals surface area contributed by atoms with Crippen LogP contribution in [0.1, 0.15) is 16.7 Å². The molecular formula is C25H21NO3. The van der Waals surface area contributed by atoms with Crippen molar-refractivity contribution in [3.63, 3.8) is 0 Å². The Morgan fingerprint density at radius 2 is 1.83 bits per heavy atom. The van der Waals surface area contributed by atoms with E-state index in [4.69, 9.17) is 9.84 Å². The van der Waals surface area contributed by atoms with Crippen molar-refractivity contribution in [2.75, 3.05) is 13.7 Å². The van der Waals surface area contributed by atoms with Gasteiger partial charge in [-0.2, -0.15) is 5.26 Å². The Kier molecular flexibility index (Phi) is 6.23. The summed E-state index contributed by atoms with van der Waals surface area (Å²) in [7, 11) is 1.58. The summed E-state index contributed by atoms with van der Waals surface area (Å²) in [5, 5.41) is 18.7. The average molecular weight is 383 g/mol. The van der Waals surface area contributed by atoms with Crippen molar-refractivity contribution in [2.24, 2.45) is 0 Å². The highest BCUT2D eigenvalue weighted by Crippen LogP contribution is 2.33. The van der Waals surface area contributed by atoms with Gasteiger partial charge in [0.15, 0.2) is 5.78 Å². The van der Waals surface area contributed by atoms with Crippen LogP contribution in [0.15, 0.2) is 66.7 Å². The van der Waals surface area contributed by atoms with E-state index in [1.807, 2.05) is 61.5 Å². The van der Waals surface area contributed by atoms with Gasteiger partial charge in [0.25, 0.3) is 0 Å². The van der Waals surface area contributed by atoms with E-state index in [0.29, 0.717) is 11.3 Å². The number of hydrogen-bond acceptors (Lipinski definition) is 4. The Labute approximate surface area is 170 Å². The molecule has 0 fully saturated rings.